The van der Waals surface area contributed by atoms with E-state index in [-0.39, 0.29) is 17.9 Å². The first-order valence-electron chi connectivity index (χ1n) is 10.1. The number of carbonyl (C=O) groups excluding carboxylic acids is 2. The molecule has 0 spiro atoms. The van der Waals surface area contributed by atoms with Crippen molar-refractivity contribution in [2.45, 2.75) is 12.6 Å². The lowest BCUT2D eigenvalue weighted by atomic mass is 9.94. The molecule has 1 amide bonds. The molecule has 3 aromatic rings. The van der Waals surface area contributed by atoms with Gasteiger partial charge in [0.2, 0.25) is 0 Å². The molecule has 4 rings (SSSR count). The Morgan fingerprint density at radius 2 is 1.78 bits per heavy atom. The summed E-state index contributed by atoms with van der Waals surface area (Å²) in [5, 5.41) is 11.2. The molecule has 1 fully saturated rings. The lowest BCUT2D eigenvalue weighted by Gasteiger charge is -2.25. The molecule has 1 aliphatic heterocycles. The number of carbonyl (C=O) groups is 2. The highest BCUT2D eigenvalue weighted by molar-refractivity contribution is 6.46. The number of benzene rings is 2. The van der Waals surface area contributed by atoms with Gasteiger partial charge in [0, 0.05) is 19.8 Å². The van der Waals surface area contributed by atoms with Crippen LogP contribution in [0.5, 0.6) is 5.75 Å². The molecule has 1 saturated heterocycles. The van der Waals surface area contributed by atoms with Crippen LogP contribution in [0.2, 0.25) is 0 Å². The zero-order valence-corrected chi connectivity index (χ0v) is 18.1. The maximum Gasteiger partial charge on any atom is 0.296 e. The molecular formula is C25H24N2O5. The van der Waals surface area contributed by atoms with Gasteiger partial charge in [0.25, 0.3) is 11.7 Å². The number of ether oxygens (including phenoxy) is 1. The number of hydrogen-bond donors (Lipinski definition) is 1. The van der Waals surface area contributed by atoms with Gasteiger partial charge in [-0.2, -0.15) is 0 Å². The third-order valence-corrected chi connectivity index (χ3v) is 5.53. The molecule has 0 bridgehead atoms. The van der Waals surface area contributed by atoms with Crippen LogP contribution in [-0.4, -0.2) is 42.9 Å². The summed E-state index contributed by atoms with van der Waals surface area (Å²) in [6.45, 7) is 0.0976. The normalized spacial score (nSPS) is 17.6. The van der Waals surface area contributed by atoms with E-state index in [9.17, 15) is 14.7 Å². The molecule has 0 aliphatic carbocycles. The average molecular weight is 432 g/mol. The average Bonchev–Trinajstić information content (AvgIpc) is 3.41. The van der Waals surface area contributed by atoms with Crippen molar-refractivity contribution in [1.29, 1.82) is 0 Å². The Morgan fingerprint density at radius 3 is 2.41 bits per heavy atom. The fourth-order valence-electron chi connectivity index (χ4n) is 3.90. The van der Waals surface area contributed by atoms with E-state index >= 15 is 0 Å². The molecule has 2 heterocycles. The number of ketones is 1. The highest BCUT2D eigenvalue weighted by atomic mass is 16.5. The summed E-state index contributed by atoms with van der Waals surface area (Å²) in [6, 6.07) is 17.1. The van der Waals surface area contributed by atoms with E-state index in [2.05, 4.69) is 0 Å². The first-order chi connectivity index (χ1) is 15.4. The van der Waals surface area contributed by atoms with Gasteiger partial charge in [-0.3, -0.25) is 9.59 Å². The van der Waals surface area contributed by atoms with Crippen molar-refractivity contribution in [1.82, 2.24) is 4.90 Å². The third kappa shape index (κ3) is 3.73. The van der Waals surface area contributed by atoms with Crippen LogP contribution in [0.15, 0.2) is 76.9 Å². The Labute approximate surface area is 186 Å². The van der Waals surface area contributed by atoms with Gasteiger partial charge < -0.3 is 24.1 Å². The smallest absolute Gasteiger partial charge is 0.296 e. The fraction of sp³-hybridized carbons (Fsp3) is 0.200. The van der Waals surface area contributed by atoms with Crippen molar-refractivity contribution < 1.29 is 23.8 Å². The first kappa shape index (κ1) is 21.2. The number of Topliss-reactive ketones (excluding diaryl/α,β-unsaturated/α-hetero) is 1. The number of furan rings is 1. The number of rotatable bonds is 6. The molecule has 1 aromatic heterocycles. The predicted molar refractivity (Wildman–Crippen MR) is 120 cm³/mol. The Balaban J connectivity index is 1.88. The van der Waals surface area contributed by atoms with Gasteiger partial charge in [-0.05, 0) is 42.0 Å². The molecule has 1 N–H and O–H groups in total. The number of hydrogen-bond acceptors (Lipinski definition) is 6. The highest BCUT2D eigenvalue weighted by Crippen LogP contribution is 2.41. The monoisotopic (exact) mass is 432 g/mol. The number of aliphatic hydroxyl groups is 1. The van der Waals surface area contributed by atoms with Crippen LogP contribution in [0.1, 0.15) is 22.9 Å². The van der Waals surface area contributed by atoms with Gasteiger partial charge >= 0.3 is 0 Å². The van der Waals surface area contributed by atoms with E-state index in [1.54, 1.807) is 36.4 Å². The predicted octanol–water partition coefficient (Wildman–Crippen LogP) is 3.98. The van der Waals surface area contributed by atoms with E-state index in [4.69, 9.17) is 9.15 Å². The van der Waals surface area contributed by atoms with E-state index in [0.717, 1.165) is 5.69 Å². The largest absolute Gasteiger partial charge is 0.507 e. The van der Waals surface area contributed by atoms with Gasteiger partial charge in [-0.15, -0.1) is 0 Å². The Morgan fingerprint density at radius 1 is 1.06 bits per heavy atom. The second-order valence-electron chi connectivity index (χ2n) is 7.69. The quantitative estimate of drug-likeness (QED) is 0.360. The highest BCUT2D eigenvalue weighted by Gasteiger charge is 2.46. The molecule has 0 radical (unpaired) electrons. The Hall–Kier alpha value is -4.00. The molecule has 7 heteroatoms. The zero-order chi connectivity index (χ0) is 22.8. The lowest BCUT2D eigenvalue weighted by molar-refractivity contribution is -0.140. The van der Waals surface area contributed by atoms with Gasteiger partial charge in [-0.1, -0.05) is 24.3 Å². The minimum Gasteiger partial charge on any atom is -0.507 e. The number of anilines is 1. The summed E-state index contributed by atoms with van der Waals surface area (Å²) in [6.07, 6.45) is 1.52. The molecule has 0 saturated carbocycles. The molecular weight excluding hydrogens is 408 g/mol. The van der Waals surface area contributed by atoms with Crippen LogP contribution in [0.3, 0.4) is 0 Å². The second kappa shape index (κ2) is 8.63. The summed E-state index contributed by atoms with van der Waals surface area (Å²) in [7, 11) is 5.35. The summed E-state index contributed by atoms with van der Waals surface area (Å²) >= 11 is 0. The van der Waals surface area contributed by atoms with Crippen molar-refractivity contribution >= 4 is 23.1 Å². The fourth-order valence-corrected chi connectivity index (χ4v) is 3.90. The van der Waals surface area contributed by atoms with Crippen LogP contribution in [0, 0.1) is 0 Å². The van der Waals surface area contributed by atoms with E-state index in [0.29, 0.717) is 22.6 Å². The molecule has 1 aliphatic rings. The maximum atomic E-state index is 13.1. The number of para-hydroxylation sites is 1. The van der Waals surface area contributed by atoms with E-state index < -0.39 is 17.7 Å². The van der Waals surface area contributed by atoms with Crippen LogP contribution < -0.4 is 9.64 Å². The third-order valence-electron chi connectivity index (χ3n) is 5.53. The topological polar surface area (TPSA) is 83.2 Å². The standard InChI is InChI=1S/C25H24N2O5/c1-26(2)17-12-10-16(11-13-17)22-21(23(28)19-8-4-5-9-20(19)31-3)24(29)25(30)27(22)15-18-7-6-14-32-18/h4-14,22,28H,15H2,1-3H3/b23-21-. The molecule has 2 aromatic carbocycles. The van der Waals surface area contributed by atoms with Crippen molar-refractivity contribution in [3.8, 4) is 5.75 Å². The number of nitrogens with zero attached hydrogens (tertiary/aromatic N) is 2. The lowest BCUT2D eigenvalue weighted by Crippen LogP contribution is -2.29. The van der Waals surface area contributed by atoms with Gasteiger partial charge in [0.15, 0.2) is 0 Å². The van der Waals surface area contributed by atoms with Crippen molar-refractivity contribution in [2.24, 2.45) is 0 Å². The zero-order valence-electron chi connectivity index (χ0n) is 18.1. The number of likely N-dealkylation sites (tertiary alicyclic amines) is 1. The number of amides is 1. The Kier molecular flexibility index (Phi) is 5.73. The van der Waals surface area contributed by atoms with E-state index in [1.807, 2.05) is 43.3 Å². The van der Waals surface area contributed by atoms with Gasteiger partial charge in [0.05, 0.1) is 37.1 Å². The molecule has 32 heavy (non-hydrogen) atoms. The summed E-state index contributed by atoms with van der Waals surface area (Å²) in [5.74, 6) is -0.770. The summed E-state index contributed by atoms with van der Waals surface area (Å²) in [4.78, 5) is 29.5. The summed E-state index contributed by atoms with van der Waals surface area (Å²) < 4.78 is 10.8. The summed E-state index contributed by atoms with van der Waals surface area (Å²) in [5.41, 5.74) is 2.05. The second-order valence-corrected chi connectivity index (χ2v) is 7.69. The Bertz CT molecular complexity index is 1160. The van der Waals surface area contributed by atoms with Gasteiger partial charge in [0.1, 0.15) is 17.3 Å². The maximum absolute atomic E-state index is 13.1. The molecule has 7 nitrogen and oxygen atoms in total. The minimum absolute atomic E-state index is 0.0173. The van der Waals surface area contributed by atoms with Crippen LogP contribution in [-0.2, 0) is 16.1 Å². The van der Waals surface area contributed by atoms with Crippen LogP contribution in [0.4, 0.5) is 5.69 Å². The number of methoxy groups -OCH3 is 1. The molecule has 1 atom stereocenters. The van der Waals surface area contributed by atoms with Crippen molar-refractivity contribution in [3.05, 3.63) is 89.4 Å². The van der Waals surface area contributed by atoms with E-state index in [1.165, 1.54) is 18.3 Å². The molecule has 1 unspecified atom stereocenters. The number of aliphatic hydroxyl groups excluding tert-OH is 1. The van der Waals surface area contributed by atoms with Crippen molar-refractivity contribution in [3.63, 3.8) is 0 Å². The minimum atomic E-state index is -0.777. The van der Waals surface area contributed by atoms with Crippen LogP contribution >= 0.6 is 0 Å². The first-order valence-corrected chi connectivity index (χ1v) is 10.1. The SMILES string of the molecule is COc1ccccc1/C(O)=C1/C(=O)C(=O)N(Cc2ccco2)C1c1ccc(N(C)C)cc1. The van der Waals surface area contributed by atoms with Gasteiger partial charge in [-0.25, -0.2) is 0 Å². The van der Waals surface area contributed by atoms with Crippen LogP contribution in [0.25, 0.3) is 5.76 Å². The molecule has 164 valence electrons. The van der Waals surface area contributed by atoms with Crippen molar-refractivity contribution in [2.75, 3.05) is 26.1 Å².